The highest BCUT2D eigenvalue weighted by Gasteiger charge is 2.16. The van der Waals surface area contributed by atoms with E-state index in [4.69, 9.17) is 9.15 Å². The van der Waals surface area contributed by atoms with Crippen LogP contribution >= 0.6 is 0 Å². The summed E-state index contributed by atoms with van der Waals surface area (Å²) in [5.41, 5.74) is 2.14. The van der Waals surface area contributed by atoms with Gasteiger partial charge in [0.1, 0.15) is 17.3 Å². The molecule has 23 heavy (non-hydrogen) atoms. The van der Waals surface area contributed by atoms with E-state index in [1.165, 1.54) is 0 Å². The summed E-state index contributed by atoms with van der Waals surface area (Å²) in [4.78, 5) is 0. The van der Waals surface area contributed by atoms with E-state index >= 15 is 0 Å². The summed E-state index contributed by atoms with van der Waals surface area (Å²) < 4.78 is 11.7. The van der Waals surface area contributed by atoms with E-state index in [1.807, 2.05) is 48.5 Å². The molecule has 0 fully saturated rings. The summed E-state index contributed by atoms with van der Waals surface area (Å²) in [6.07, 6.45) is 0. The van der Waals surface area contributed by atoms with Crippen LogP contribution in [0.3, 0.4) is 0 Å². The first-order valence-corrected chi connectivity index (χ1v) is 7.58. The van der Waals surface area contributed by atoms with E-state index in [2.05, 4.69) is 30.3 Å². The number of hydrogen-bond acceptors (Lipinski definition) is 2. The monoisotopic (exact) mass is 300 g/mol. The molecule has 0 aliphatic heterocycles. The van der Waals surface area contributed by atoms with Gasteiger partial charge in [-0.15, -0.1) is 0 Å². The van der Waals surface area contributed by atoms with Gasteiger partial charge in [0.15, 0.2) is 0 Å². The third-order valence-electron chi connectivity index (χ3n) is 3.99. The number of benzene rings is 3. The van der Waals surface area contributed by atoms with Crippen molar-refractivity contribution in [1.82, 2.24) is 0 Å². The van der Waals surface area contributed by atoms with Crippen LogP contribution in [0.2, 0.25) is 0 Å². The van der Waals surface area contributed by atoms with Crippen LogP contribution < -0.4 is 4.74 Å². The molecule has 1 aromatic heterocycles. The predicted octanol–water partition coefficient (Wildman–Crippen LogP) is 5.78. The highest BCUT2D eigenvalue weighted by atomic mass is 16.5. The minimum absolute atomic E-state index is 0.829. The topological polar surface area (TPSA) is 22.4 Å². The highest BCUT2D eigenvalue weighted by Crippen LogP contribution is 2.40. The fraction of sp³-hybridized carbons (Fsp3) is 0.0476. The molecular weight excluding hydrogens is 284 g/mol. The fourth-order valence-electron chi connectivity index (χ4n) is 2.86. The third kappa shape index (κ3) is 2.38. The lowest BCUT2D eigenvalue weighted by atomic mass is 10.0. The molecule has 4 aromatic rings. The zero-order chi connectivity index (χ0) is 15.6. The van der Waals surface area contributed by atoms with Crippen LogP contribution in [0, 0.1) is 0 Å². The quantitative estimate of drug-likeness (QED) is 0.479. The lowest BCUT2D eigenvalue weighted by molar-refractivity contribution is 0.415. The molecule has 0 saturated carbocycles. The largest absolute Gasteiger partial charge is 0.497 e. The molecule has 0 atom stereocenters. The second-order valence-corrected chi connectivity index (χ2v) is 5.40. The molecule has 4 rings (SSSR count). The van der Waals surface area contributed by atoms with Crippen LogP contribution in [0.5, 0.6) is 5.75 Å². The van der Waals surface area contributed by atoms with Gasteiger partial charge in [-0.2, -0.15) is 0 Å². The van der Waals surface area contributed by atoms with Gasteiger partial charge in [-0.1, -0.05) is 60.7 Å². The zero-order valence-electron chi connectivity index (χ0n) is 12.8. The maximum Gasteiger partial charge on any atom is 0.142 e. The molecule has 2 nitrogen and oxygen atoms in total. The number of fused-ring (bicyclic) bond motifs is 1. The molecular formula is C21H16O2. The van der Waals surface area contributed by atoms with Gasteiger partial charge < -0.3 is 9.15 Å². The van der Waals surface area contributed by atoms with E-state index < -0.39 is 0 Å². The van der Waals surface area contributed by atoms with Crippen LogP contribution in [0.25, 0.3) is 33.4 Å². The summed E-state index contributed by atoms with van der Waals surface area (Å²) in [6, 6.07) is 26.4. The second kappa shape index (κ2) is 5.65. The Morgan fingerprint density at radius 2 is 1.22 bits per heavy atom. The molecule has 0 amide bonds. The fourth-order valence-corrected chi connectivity index (χ4v) is 2.86. The molecule has 0 aliphatic rings. The number of ether oxygens (including phenoxy) is 1. The smallest absolute Gasteiger partial charge is 0.142 e. The SMILES string of the molecule is COc1ccc2c(-c3ccccc3)oc(-c3ccccc3)c2c1. The first-order valence-electron chi connectivity index (χ1n) is 7.58. The number of methoxy groups -OCH3 is 1. The summed E-state index contributed by atoms with van der Waals surface area (Å²) in [5.74, 6) is 2.59. The van der Waals surface area contributed by atoms with Crippen molar-refractivity contribution in [3.8, 4) is 28.4 Å². The van der Waals surface area contributed by atoms with Crippen molar-refractivity contribution in [2.45, 2.75) is 0 Å². The lowest BCUT2D eigenvalue weighted by Crippen LogP contribution is -1.82. The van der Waals surface area contributed by atoms with Gasteiger partial charge in [-0.25, -0.2) is 0 Å². The average molecular weight is 300 g/mol. The van der Waals surface area contributed by atoms with Gasteiger partial charge in [-0.3, -0.25) is 0 Å². The van der Waals surface area contributed by atoms with Gasteiger partial charge in [0, 0.05) is 21.9 Å². The summed E-state index contributed by atoms with van der Waals surface area (Å²) in [5, 5.41) is 2.16. The first-order chi connectivity index (χ1) is 11.4. The summed E-state index contributed by atoms with van der Waals surface area (Å²) in [6.45, 7) is 0. The van der Waals surface area contributed by atoms with Crippen molar-refractivity contribution in [2.24, 2.45) is 0 Å². The molecule has 0 radical (unpaired) electrons. The molecule has 0 N–H and O–H groups in total. The van der Waals surface area contributed by atoms with Crippen LogP contribution in [0.1, 0.15) is 0 Å². The zero-order valence-corrected chi connectivity index (χ0v) is 12.8. The predicted molar refractivity (Wildman–Crippen MR) is 93.6 cm³/mol. The number of rotatable bonds is 3. The van der Waals surface area contributed by atoms with Crippen LogP contribution in [-0.2, 0) is 0 Å². The van der Waals surface area contributed by atoms with Crippen LogP contribution in [0.15, 0.2) is 83.3 Å². The van der Waals surface area contributed by atoms with E-state index in [1.54, 1.807) is 7.11 Å². The van der Waals surface area contributed by atoms with Gasteiger partial charge in [0.2, 0.25) is 0 Å². The van der Waals surface area contributed by atoms with E-state index in [0.29, 0.717) is 0 Å². The molecule has 2 heteroatoms. The average Bonchev–Trinajstić information content (AvgIpc) is 3.02. The molecule has 0 unspecified atom stereocenters. The van der Waals surface area contributed by atoms with Crippen molar-refractivity contribution in [2.75, 3.05) is 7.11 Å². The van der Waals surface area contributed by atoms with E-state index in [0.717, 1.165) is 39.2 Å². The molecule has 112 valence electrons. The minimum Gasteiger partial charge on any atom is -0.497 e. The van der Waals surface area contributed by atoms with Gasteiger partial charge in [0.25, 0.3) is 0 Å². The van der Waals surface area contributed by atoms with Gasteiger partial charge >= 0.3 is 0 Å². The second-order valence-electron chi connectivity index (χ2n) is 5.40. The van der Waals surface area contributed by atoms with Crippen molar-refractivity contribution in [3.63, 3.8) is 0 Å². The Kier molecular flexibility index (Phi) is 3.35. The Hall–Kier alpha value is -3.00. The number of hydrogen-bond donors (Lipinski definition) is 0. The standard InChI is InChI=1S/C21H16O2/c1-22-17-12-13-18-19(14-17)21(16-10-6-3-7-11-16)23-20(18)15-8-4-2-5-9-15/h2-14H,1H3. The molecule has 0 aliphatic carbocycles. The number of furan rings is 1. The summed E-state index contributed by atoms with van der Waals surface area (Å²) >= 11 is 0. The maximum absolute atomic E-state index is 6.28. The Bertz CT molecular complexity index is 938. The van der Waals surface area contributed by atoms with Gasteiger partial charge in [-0.05, 0) is 18.2 Å². The normalized spacial score (nSPS) is 10.8. The molecule has 0 bridgehead atoms. The third-order valence-corrected chi connectivity index (χ3v) is 3.99. The van der Waals surface area contributed by atoms with Crippen molar-refractivity contribution in [3.05, 3.63) is 78.9 Å². The van der Waals surface area contributed by atoms with Crippen molar-refractivity contribution in [1.29, 1.82) is 0 Å². The molecule has 3 aromatic carbocycles. The lowest BCUT2D eigenvalue weighted by Gasteiger charge is -2.01. The Labute approximate surface area is 135 Å². The Balaban J connectivity index is 2.02. The maximum atomic E-state index is 6.28. The van der Waals surface area contributed by atoms with Crippen LogP contribution in [0.4, 0.5) is 0 Å². The Morgan fingerprint density at radius 1 is 0.652 bits per heavy atom. The highest BCUT2D eigenvalue weighted by molar-refractivity contribution is 6.03. The Morgan fingerprint density at radius 3 is 1.78 bits per heavy atom. The van der Waals surface area contributed by atoms with E-state index in [-0.39, 0.29) is 0 Å². The first kappa shape index (κ1) is 13.6. The van der Waals surface area contributed by atoms with Crippen molar-refractivity contribution < 1.29 is 9.15 Å². The van der Waals surface area contributed by atoms with Crippen LogP contribution in [-0.4, -0.2) is 7.11 Å². The molecule has 0 spiro atoms. The minimum atomic E-state index is 0.829. The molecule has 1 heterocycles. The summed E-state index contributed by atoms with van der Waals surface area (Å²) in [7, 11) is 1.68. The van der Waals surface area contributed by atoms with Crippen molar-refractivity contribution >= 4 is 10.8 Å². The molecule has 0 saturated heterocycles. The van der Waals surface area contributed by atoms with Gasteiger partial charge in [0.05, 0.1) is 7.11 Å². The van der Waals surface area contributed by atoms with E-state index in [9.17, 15) is 0 Å².